The number of nitrogens with one attached hydrogen (secondary N) is 1. The summed E-state index contributed by atoms with van der Waals surface area (Å²) in [6.45, 7) is 7.85. The summed E-state index contributed by atoms with van der Waals surface area (Å²) >= 11 is 0. The van der Waals surface area contributed by atoms with Crippen molar-refractivity contribution in [1.29, 1.82) is 0 Å². The van der Waals surface area contributed by atoms with Gasteiger partial charge in [-0.15, -0.1) is 0 Å². The van der Waals surface area contributed by atoms with E-state index in [4.69, 9.17) is 4.74 Å². The Bertz CT molecular complexity index is 314. The Morgan fingerprint density at radius 2 is 1.88 bits per heavy atom. The lowest BCUT2D eigenvalue weighted by molar-refractivity contribution is 0.0285. The summed E-state index contributed by atoms with van der Waals surface area (Å²) in [5, 5.41) is 12.9. The van der Waals surface area contributed by atoms with Gasteiger partial charge in [0.05, 0.1) is 5.60 Å². The fourth-order valence-corrected chi connectivity index (χ4v) is 1.37. The van der Waals surface area contributed by atoms with Crippen LogP contribution in [0.15, 0.2) is 24.3 Å². The molecule has 2 N–H and O–H groups in total. The van der Waals surface area contributed by atoms with E-state index in [2.05, 4.69) is 12.2 Å². The highest BCUT2D eigenvalue weighted by atomic mass is 16.5. The van der Waals surface area contributed by atoms with Crippen LogP contribution in [-0.2, 0) is 6.54 Å². The maximum absolute atomic E-state index is 9.54. The molecule has 3 heteroatoms. The highest BCUT2D eigenvalue weighted by Gasteiger charge is 2.12. The molecule has 96 valence electrons. The number of hydrogen-bond acceptors (Lipinski definition) is 3. The van der Waals surface area contributed by atoms with Crippen LogP contribution in [-0.4, -0.2) is 23.9 Å². The van der Waals surface area contributed by atoms with E-state index in [0.717, 1.165) is 25.3 Å². The summed E-state index contributed by atoms with van der Waals surface area (Å²) in [5.74, 6) is 0.798. The van der Waals surface area contributed by atoms with Crippen molar-refractivity contribution in [3.8, 4) is 5.75 Å². The quantitative estimate of drug-likeness (QED) is 0.715. The first-order valence-corrected chi connectivity index (χ1v) is 6.16. The zero-order chi connectivity index (χ0) is 12.7. The molecule has 1 aromatic rings. The normalized spacial score (nSPS) is 11.5. The van der Waals surface area contributed by atoms with Crippen molar-refractivity contribution in [2.75, 3.05) is 13.2 Å². The predicted molar refractivity (Wildman–Crippen MR) is 70.2 cm³/mol. The predicted octanol–water partition coefficient (Wildman–Crippen LogP) is 2.34. The van der Waals surface area contributed by atoms with Crippen molar-refractivity contribution in [3.63, 3.8) is 0 Å². The molecule has 0 bridgehead atoms. The van der Waals surface area contributed by atoms with Crippen molar-refractivity contribution >= 4 is 0 Å². The van der Waals surface area contributed by atoms with E-state index in [9.17, 15) is 5.11 Å². The van der Waals surface area contributed by atoms with Crippen LogP contribution in [0.25, 0.3) is 0 Å². The number of hydrogen-bond donors (Lipinski definition) is 2. The largest absolute Gasteiger partial charge is 0.491 e. The smallest absolute Gasteiger partial charge is 0.119 e. The maximum Gasteiger partial charge on any atom is 0.119 e. The standard InChI is InChI=1S/C14H23NO2/c1-4-9-15-10-12-5-7-13(8-6-12)17-11-14(2,3)16/h5-8,15-16H,4,9-11H2,1-3H3. The van der Waals surface area contributed by atoms with Gasteiger partial charge in [0.2, 0.25) is 0 Å². The number of aliphatic hydroxyl groups is 1. The van der Waals surface area contributed by atoms with Gasteiger partial charge in [-0.3, -0.25) is 0 Å². The van der Waals surface area contributed by atoms with Crippen molar-refractivity contribution in [1.82, 2.24) is 5.32 Å². The average molecular weight is 237 g/mol. The summed E-state index contributed by atoms with van der Waals surface area (Å²) in [7, 11) is 0. The summed E-state index contributed by atoms with van der Waals surface area (Å²) in [4.78, 5) is 0. The first-order valence-electron chi connectivity index (χ1n) is 6.16. The second-order valence-corrected chi connectivity index (χ2v) is 4.92. The van der Waals surface area contributed by atoms with Gasteiger partial charge in [0.1, 0.15) is 12.4 Å². The van der Waals surface area contributed by atoms with Crippen molar-refractivity contribution in [2.45, 2.75) is 39.3 Å². The SMILES string of the molecule is CCCNCc1ccc(OCC(C)(C)O)cc1. The van der Waals surface area contributed by atoms with E-state index in [1.165, 1.54) is 5.56 Å². The molecule has 0 saturated carbocycles. The minimum atomic E-state index is -0.790. The maximum atomic E-state index is 9.54. The van der Waals surface area contributed by atoms with Gasteiger partial charge in [0.15, 0.2) is 0 Å². The molecule has 0 atom stereocenters. The average Bonchev–Trinajstić information content (AvgIpc) is 2.27. The van der Waals surface area contributed by atoms with Crippen LogP contribution in [0.3, 0.4) is 0 Å². The van der Waals surface area contributed by atoms with Gasteiger partial charge in [-0.05, 0) is 44.5 Å². The molecule has 17 heavy (non-hydrogen) atoms. The van der Waals surface area contributed by atoms with Gasteiger partial charge in [0.25, 0.3) is 0 Å². The molecule has 0 fully saturated rings. The van der Waals surface area contributed by atoms with Gasteiger partial charge in [-0.25, -0.2) is 0 Å². The second-order valence-electron chi connectivity index (χ2n) is 4.92. The molecule has 1 aromatic carbocycles. The number of rotatable bonds is 7. The fraction of sp³-hybridized carbons (Fsp3) is 0.571. The lowest BCUT2D eigenvalue weighted by Crippen LogP contribution is -2.27. The summed E-state index contributed by atoms with van der Waals surface area (Å²) in [5.41, 5.74) is 0.454. The van der Waals surface area contributed by atoms with Gasteiger partial charge >= 0.3 is 0 Å². The van der Waals surface area contributed by atoms with E-state index in [-0.39, 0.29) is 0 Å². The Morgan fingerprint density at radius 1 is 1.24 bits per heavy atom. The molecule has 0 aromatic heterocycles. The minimum Gasteiger partial charge on any atom is -0.491 e. The molecule has 0 unspecified atom stereocenters. The molecule has 0 aliphatic heterocycles. The molecule has 0 radical (unpaired) electrons. The molecule has 1 rings (SSSR count). The zero-order valence-electron chi connectivity index (χ0n) is 11.0. The summed E-state index contributed by atoms with van der Waals surface area (Å²) < 4.78 is 5.48. The van der Waals surface area contributed by atoms with E-state index >= 15 is 0 Å². The molecule has 0 saturated heterocycles. The Hall–Kier alpha value is -1.06. The molecular formula is C14H23NO2. The Balaban J connectivity index is 2.39. The summed E-state index contributed by atoms with van der Waals surface area (Å²) in [6, 6.07) is 7.97. The van der Waals surface area contributed by atoms with Gasteiger partial charge in [-0.1, -0.05) is 19.1 Å². The molecule has 3 nitrogen and oxygen atoms in total. The molecule has 0 heterocycles. The molecule has 0 aliphatic carbocycles. The molecule has 0 amide bonds. The number of ether oxygens (including phenoxy) is 1. The van der Waals surface area contributed by atoms with E-state index in [0.29, 0.717) is 6.61 Å². The van der Waals surface area contributed by atoms with Crippen LogP contribution in [0.1, 0.15) is 32.8 Å². The van der Waals surface area contributed by atoms with Gasteiger partial charge < -0.3 is 15.2 Å². The van der Waals surface area contributed by atoms with Crippen LogP contribution in [0.4, 0.5) is 0 Å². The van der Waals surface area contributed by atoms with Crippen LogP contribution in [0, 0.1) is 0 Å². The molecule has 0 aliphatic rings. The van der Waals surface area contributed by atoms with Crippen molar-refractivity contribution in [3.05, 3.63) is 29.8 Å². The molecule has 0 spiro atoms. The highest BCUT2D eigenvalue weighted by molar-refractivity contribution is 5.27. The fourth-order valence-electron chi connectivity index (χ4n) is 1.37. The monoisotopic (exact) mass is 237 g/mol. The van der Waals surface area contributed by atoms with Crippen molar-refractivity contribution in [2.24, 2.45) is 0 Å². The van der Waals surface area contributed by atoms with E-state index < -0.39 is 5.60 Å². The lowest BCUT2D eigenvalue weighted by Gasteiger charge is -2.17. The van der Waals surface area contributed by atoms with Gasteiger partial charge in [0, 0.05) is 6.54 Å². The third-order valence-corrected chi connectivity index (χ3v) is 2.27. The third kappa shape index (κ3) is 6.29. The molecular weight excluding hydrogens is 214 g/mol. The first-order chi connectivity index (χ1) is 8.01. The number of benzene rings is 1. The van der Waals surface area contributed by atoms with Crippen LogP contribution < -0.4 is 10.1 Å². The van der Waals surface area contributed by atoms with Crippen LogP contribution >= 0.6 is 0 Å². The van der Waals surface area contributed by atoms with Gasteiger partial charge in [-0.2, -0.15) is 0 Å². The van der Waals surface area contributed by atoms with Crippen molar-refractivity contribution < 1.29 is 9.84 Å². The minimum absolute atomic E-state index is 0.306. The Morgan fingerprint density at radius 3 is 2.41 bits per heavy atom. The first kappa shape index (κ1) is 14.0. The van der Waals surface area contributed by atoms with E-state index in [1.54, 1.807) is 13.8 Å². The third-order valence-electron chi connectivity index (χ3n) is 2.27. The van der Waals surface area contributed by atoms with Crippen LogP contribution in [0.2, 0.25) is 0 Å². The highest BCUT2D eigenvalue weighted by Crippen LogP contribution is 2.14. The lowest BCUT2D eigenvalue weighted by atomic mass is 10.1. The van der Waals surface area contributed by atoms with E-state index in [1.807, 2.05) is 24.3 Å². The Kier molecular flexibility index (Phi) is 5.45. The topological polar surface area (TPSA) is 41.5 Å². The Labute approximate surface area is 104 Å². The zero-order valence-corrected chi connectivity index (χ0v) is 11.0. The summed E-state index contributed by atoms with van der Waals surface area (Å²) in [6.07, 6.45) is 1.15. The van der Waals surface area contributed by atoms with Crippen LogP contribution in [0.5, 0.6) is 5.75 Å². The second kappa shape index (κ2) is 6.62.